The number of benzene rings is 1. The predicted octanol–water partition coefficient (Wildman–Crippen LogP) is 2.02. The van der Waals surface area contributed by atoms with Crippen molar-refractivity contribution in [2.24, 2.45) is 5.92 Å². The van der Waals surface area contributed by atoms with Crippen molar-refractivity contribution in [3.63, 3.8) is 0 Å². The van der Waals surface area contributed by atoms with Gasteiger partial charge >= 0.3 is 0 Å². The van der Waals surface area contributed by atoms with E-state index in [0.29, 0.717) is 0 Å². The molecule has 0 spiro atoms. The number of nitrogens with one attached hydrogen (secondary N) is 1. The lowest BCUT2D eigenvalue weighted by Crippen LogP contribution is -2.26. The van der Waals surface area contributed by atoms with Crippen LogP contribution in [0, 0.1) is 5.92 Å². The number of nitrogens with zero attached hydrogens (tertiary/aromatic N) is 4. The minimum absolute atomic E-state index is 0.0508. The third-order valence-electron chi connectivity index (χ3n) is 2.58. The number of rotatable bonds is 4. The molecule has 1 heterocycles. The van der Waals surface area contributed by atoms with E-state index in [-0.39, 0.29) is 16.7 Å². The Balaban J connectivity index is 2.05. The standard InChI is InChI=1S/C12H14BrN5O/c1-8(2)11(13)12(19)15-9-3-5-10(6-4-9)18-7-14-16-17-18/h3-8,11H,1-2H3,(H,15,19). The summed E-state index contributed by atoms with van der Waals surface area (Å²) < 4.78 is 1.55. The molecule has 1 unspecified atom stereocenters. The number of halogens is 1. The molecule has 6 nitrogen and oxygen atoms in total. The van der Waals surface area contributed by atoms with Gasteiger partial charge < -0.3 is 5.32 Å². The lowest BCUT2D eigenvalue weighted by molar-refractivity contribution is -0.116. The zero-order valence-electron chi connectivity index (χ0n) is 10.6. The summed E-state index contributed by atoms with van der Waals surface area (Å²) in [5, 5.41) is 13.8. The van der Waals surface area contributed by atoms with Gasteiger partial charge in [-0.3, -0.25) is 4.79 Å². The molecule has 0 aliphatic carbocycles. The van der Waals surface area contributed by atoms with Gasteiger partial charge in [-0.15, -0.1) is 5.10 Å². The summed E-state index contributed by atoms with van der Waals surface area (Å²) in [4.78, 5) is 11.7. The maximum absolute atomic E-state index is 11.9. The maximum Gasteiger partial charge on any atom is 0.238 e. The number of anilines is 1. The van der Waals surface area contributed by atoms with Gasteiger partial charge in [0.1, 0.15) is 6.33 Å². The molecule has 100 valence electrons. The molecule has 0 saturated carbocycles. The molecule has 0 aliphatic heterocycles. The number of tetrazole rings is 1. The van der Waals surface area contributed by atoms with Gasteiger partial charge in [0.15, 0.2) is 0 Å². The van der Waals surface area contributed by atoms with E-state index in [1.54, 1.807) is 4.68 Å². The smallest absolute Gasteiger partial charge is 0.238 e. The van der Waals surface area contributed by atoms with E-state index in [1.165, 1.54) is 6.33 Å². The van der Waals surface area contributed by atoms with Gasteiger partial charge in [-0.1, -0.05) is 29.8 Å². The Morgan fingerprint density at radius 1 is 1.32 bits per heavy atom. The minimum atomic E-state index is -0.202. The quantitative estimate of drug-likeness (QED) is 0.874. The van der Waals surface area contributed by atoms with Gasteiger partial charge in [0.05, 0.1) is 10.5 Å². The van der Waals surface area contributed by atoms with Crippen LogP contribution in [0.2, 0.25) is 0 Å². The number of alkyl halides is 1. The molecule has 1 aromatic carbocycles. The molecule has 2 aromatic rings. The Morgan fingerprint density at radius 2 is 2.00 bits per heavy atom. The highest BCUT2D eigenvalue weighted by Gasteiger charge is 2.18. The summed E-state index contributed by atoms with van der Waals surface area (Å²) in [5.74, 6) is 0.186. The summed E-state index contributed by atoms with van der Waals surface area (Å²) >= 11 is 3.37. The Bertz CT molecular complexity index is 538. The summed E-state index contributed by atoms with van der Waals surface area (Å²) in [5.41, 5.74) is 1.58. The van der Waals surface area contributed by atoms with Crippen molar-refractivity contribution < 1.29 is 4.79 Å². The highest BCUT2D eigenvalue weighted by Crippen LogP contribution is 2.16. The average molecular weight is 324 g/mol. The molecule has 0 saturated heterocycles. The number of hydrogen-bond donors (Lipinski definition) is 1. The van der Waals surface area contributed by atoms with Gasteiger partial charge in [0.25, 0.3) is 0 Å². The van der Waals surface area contributed by atoms with Crippen LogP contribution in [0.15, 0.2) is 30.6 Å². The van der Waals surface area contributed by atoms with Crippen molar-refractivity contribution in [2.75, 3.05) is 5.32 Å². The third-order valence-corrected chi connectivity index (χ3v) is 4.06. The minimum Gasteiger partial charge on any atom is -0.325 e. The maximum atomic E-state index is 11.9. The Labute approximate surface area is 119 Å². The molecule has 1 amide bonds. The van der Waals surface area contributed by atoms with E-state index in [9.17, 15) is 4.79 Å². The van der Waals surface area contributed by atoms with Crippen LogP contribution in [-0.2, 0) is 4.79 Å². The Kier molecular flexibility index (Phi) is 4.26. The van der Waals surface area contributed by atoms with E-state index < -0.39 is 0 Å². The molecule has 1 aromatic heterocycles. The number of carbonyl (C=O) groups is 1. The molecular weight excluding hydrogens is 310 g/mol. The van der Waals surface area contributed by atoms with Crippen molar-refractivity contribution in [3.05, 3.63) is 30.6 Å². The van der Waals surface area contributed by atoms with Gasteiger partial charge in [0.2, 0.25) is 5.91 Å². The van der Waals surface area contributed by atoms with Gasteiger partial charge in [-0.2, -0.15) is 0 Å². The largest absolute Gasteiger partial charge is 0.325 e. The predicted molar refractivity (Wildman–Crippen MR) is 75.3 cm³/mol. The van der Waals surface area contributed by atoms with Gasteiger partial charge in [0, 0.05) is 5.69 Å². The van der Waals surface area contributed by atoms with Crippen LogP contribution < -0.4 is 5.32 Å². The molecule has 19 heavy (non-hydrogen) atoms. The summed E-state index contributed by atoms with van der Waals surface area (Å²) in [6, 6.07) is 7.30. The number of aromatic nitrogens is 4. The number of carbonyl (C=O) groups excluding carboxylic acids is 1. The van der Waals surface area contributed by atoms with E-state index in [1.807, 2.05) is 38.1 Å². The number of amides is 1. The van der Waals surface area contributed by atoms with Crippen molar-refractivity contribution in [1.82, 2.24) is 20.2 Å². The van der Waals surface area contributed by atoms with Crippen molar-refractivity contribution in [3.8, 4) is 5.69 Å². The molecule has 0 radical (unpaired) electrons. The van der Waals surface area contributed by atoms with Crippen LogP contribution in [0.4, 0.5) is 5.69 Å². The van der Waals surface area contributed by atoms with Crippen molar-refractivity contribution in [1.29, 1.82) is 0 Å². The Morgan fingerprint density at radius 3 is 2.53 bits per heavy atom. The van der Waals surface area contributed by atoms with Crippen molar-refractivity contribution in [2.45, 2.75) is 18.7 Å². The highest BCUT2D eigenvalue weighted by atomic mass is 79.9. The van der Waals surface area contributed by atoms with Gasteiger partial charge in [-0.25, -0.2) is 4.68 Å². The van der Waals surface area contributed by atoms with Crippen LogP contribution in [0.1, 0.15) is 13.8 Å². The zero-order chi connectivity index (χ0) is 13.8. The molecule has 0 fully saturated rings. The molecule has 7 heteroatoms. The molecule has 1 atom stereocenters. The monoisotopic (exact) mass is 323 g/mol. The van der Waals surface area contributed by atoms with Crippen LogP contribution in [0.25, 0.3) is 5.69 Å². The Hall–Kier alpha value is -1.76. The van der Waals surface area contributed by atoms with E-state index in [2.05, 4.69) is 36.8 Å². The fourth-order valence-electron chi connectivity index (χ4n) is 1.49. The van der Waals surface area contributed by atoms with Crippen LogP contribution in [-0.4, -0.2) is 30.9 Å². The zero-order valence-corrected chi connectivity index (χ0v) is 12.2. The fraction of sp³-hybridized carbons (Fsp3) is 0.333. The first-order valence-electron chi connectivity index (χ1n) is 5.86. The molecular formula is C12H14BrN5O. The topological polar surface area (TPSA) is 72.7 Å². The summed E-state index contributed by atoms with van der Waals surface area (Å²) in [6.45, 7) is 3.97. The van der Waals surface area contributed by atoms with Crippen LogP contribution >= 0.6 is 15.9 Å². The lowest BCUT2D eigenvalue weighted by atomic mass is 10.1. The normalized spacial score (nSPS) is 12.4. The third kappa shape index (κ3) is 3.37. The molecule has 2 rings (SSSR count). The summed E-state index contributed by atoms with van der Waals surface area (Å²) in [6.07, 6.45) is 1.51. The second kappa shape index (κ2) is 5.92. The average Bonchev–Trinajstić information content (AvgIpc) is 2.92. The van der Waals surface area contributed by atoms with Crippen LogP contribution in [0.3, 0.4) is 0 Å². The first kappa shape index (κ1) is 13.7. The second-order valence-corrected chi connectivity index (χ2v) is 5.42. The summed E-state index contributed by atoms with van der Waals surface area (Å²) in [7, 11) is 0. The molecule has 0 bridgehead atoms. The number of hydrogen-bond acceptors (Lipinski definition) is 4. The fourth-order valence-corrected chi connectivity index (χ4v) is 1.61. The van der Waals surface area contributed by atoms with E-state index in [4.69, 9.17) is 0 Å². The van der Waals surface area contributed by atoms with Crippen molar-refractivity contribution >= 4 is 27.5 Å². The van der Waals surface area contributed by atoms with Crippen LogP contribution in [0.5, 0.6) is 0 Å². The van der Waals surface area contributed by atoms with Gasteiger partial charge in [-0.05, 0) is 40.6 Å². The van der Waals surface area contributed by atoms with E-state index in [0.717, 1.165) is 11.4 Å². The molecule has 0 aliphatic rings. The SMILES string of the molecule is CC(C)C(Br)C(=O)Nc1ccc(-n2cnnn2)cc1. The first-order valence-corrected chi connectivity index (χ1v) is 6.78. The highest BCUT2D eigenvalue weighted by molar-refractivity contribution is 9.10. The lowest BCUT2D eigenvalue weighted by Gasteiger charge is -2.13. The second-order valence-electron chi connectivity index (χ2n) is 4.44. The molecule has 1 N–H and O–H groups in total. The first-order chi connectivity index (χ1) is 9.08. The van der Waals surface area contributed by atoms with E-state index >= 15 is 0 Å².